The van der Waals surface area contributed by atoms with Crippen LogP contribution in [0.3, 0.4) is 0 Å². The Kier molecular flexibility index (Phi) is 5.67. The van der Waals surface area contributed by atoms with Gasteiger partial charge in [0.2, 0.25) is 5.91 Å². The number of hydrogen-bond donors (Lipinski definition) is 1. The molecule has 0 radical (unpaired) electrons. The van der Waals surface area contributed by atoms with E-state index in [-0.39, 0.29) is 17.9 Å². The summed E-state index contributed by atoms with van der Waals surface area (Å²) in [6.45, 7) is 6.64. The van der Waals surface area contributed by atoms with E-state index in [1.807, 2.05) is 55.5 Å². The van der Waals surface area contributed by atoms with Gasteiger partial charge in [-0.15, -0.1) is 11.8 Å². The van der Waals surface area contributed by atoms with E-state index < -0.39 is 0 Å². The molecule has 0 aliphatic carbocycles. The molecule has 26 heavy (non-hydrogen) atoms. The number of carbonyl (C=O) groups excluding carboxylic acids is 2. The van der Waals surface area contributed by atoms with Crippen molar-refractivity contribution in [3.63, 3.8) is 0 Å². The third kappa shape index (κ3) is 4.10. The number of fused-ring (bicyclic) bond motifs is 1. The van der Waals surface area contributed by atoms with Crippen molar-refractivity contribution in [3.8, 4) is 0 Å². The normalized spacial score (nSPS) is 14.9. The molecule has 0 unspecified atom stereocenters. The molecule has 1 N–H and O–H groups in total. The molecular formula is C21H24N2O2S. The van der Waals surface area contributed by atoms with Gasteiger partial charge < -0.3 is 10.2 Å². The summed E-state index contributed by atoms with van der Waals surface area (Å²) in [5.74, 6) is 0.844. The quantitative estimate of drug-likeness (QED) is 0.864. The fraction of sp³-hybridized carbons (Fsp3) is 0.333. The van der Waals surface area contributed by atoms with Gasteiger partial charge in [0.1, 0.15) is 0 Å². The molecule has 0 bridgehead atoms. The van der Waals surface area contributed by atoms with E-state index in [9.17, 15) is 9.59 Å². The lowest BCUT2D eigenvalue weighted by Crippen LogP contribution is -2.36. The highest BCUT2D eigenvalue weighted by molar-refractivity contribution is 8.00. The summed E-state index contributed by atoms with van der Waals surface area (Å²) in [4.78, 5) is 27.8. The fourth-order valence-electron chi connectivity index (χ4n) is 2.78. The number of amides is 2. The zero-order valence-electron chi connectivity index (χ0n) is 15.4. The number of nitrogens with one attached hydrogen (secondary N) is 1. The van der Waals surface area contributed by atoms with Crippen LogP contribution in [0, 0.1) is 5.92 Å². The molecular weight excluding hydrogens is 344 g/mol. The van der Waals surface area contributed by atoms with Crippen molar-refractivity contribution in [1.29, 1.82) is 0 Å². The van der Waals surface area contributed by atoms with E-state index in [0.29, 0.717) is 23.8 Å². The van der Waals surface area contributed by atoms with Gasteiger partial charge in [-0.25, -0.2) is 0 Å². The number of benzene rings is 2. The summed E-state index contributed by atoms with van der Waals surface area (Å²) < 4.78 is 0. The van der Waals surface area contributed by atoms with E-state index in [0.717, 1.165) is 16.1 Å². The third-order valence-electron chi connectivity index (χ3n) is 4.70. The minimum Gasteiger partial charge on any atom is -0.349 e. The molecule has 136 valence electrons. The predicted molar refractivity (Wildman–Crippen MR) is 107 cm³/mol. The highest BCUT2D eigenvalue weighted by Gasteiger charge is 2.24. The van der Waals surface area contributed by atoms with Crippen molar-refractivity contribution in [2.24, 2.45) is 5.92 Å². The summed E-state index contributed by atoms with van der Waals surface area (Å²) in [5, 5.41) is 3.03. The lowest BCUT2D eigenvalue weighted by atomic mass is 10.0. The van der Waals surface area contributed by atoms with Crippen LogP contribution in [0.25, 0.3) is 0 Å². The van der Waals surface area contributed by atoms with E-state index in [1.54, 1.807) is 16.7 Å². The average Bonchev–Trinajstić information content (AvgIpc) is 2.64. The maximum absolute atomic E-state index is 12.5. The highest BCUT2D eigenvalue weighted by Crippen LogP contribution is 2.35. The number of thioether (sulfide) groups is 1. The molecule has 2 aromatic rings. The zero-order chi connectivity index (χ0) is 18.7. The van der Waals surface area contributed by atoms with Gasteiger partial charge in [0.25, 0.3) is 5.91 Å². The Morgan fingerprint density at radius 3 is 2.69 bits per heavy atom. The molecule has 0 saturated carbocycles. The van der Waals surface area contributed by atoms with Crippen LogP contribution in [0.2, 0.25) is 0 Å². The maximum Gasteiger partial charge on any atom is 0.251 e. The van der Waals surface area contributed by atoms with Crippen LogP contribution in [0.1, 0.15) is 36.7 Å². The number of nitrogens with zero attached hydrogens (tertiary/aromatic N) is 1. The van der Waals surface area contributed by atoms with Gasteiger partial charge in [0, 0.05) is 16.5 Å². The minimum absolute atomic E-state index is 0.0750. The van der Waals surface area contributed by atoms with Gasteiger partial charge >= 0.3 is 0 Å². The maximum atomic E-state index is 12.5. The van der Waals surface area contributed by atoms with Gasteiger partial charge in [-0.3, -0.25) is 9.59 Å². The molecule has 2 aromatic carbocycles. The molecule has 2 amide bonds. The van der Waals surface area contributed by atoms with Crippen molar-refractivity contribution in [3.05, 3.63) is 59.7 Å². The number of carbonyl (C=O) groups is 2. The molecule has 0 spiro atoms. The zero-order valence-corrected chi connectivity index (χ0v) is 16.2. The minimum atomic E-state index is -0.0750. The summed E-state index contributed by atoms with van der Waals surface area (Å²) in [7, 11) is 0. The second-order valence-electron chi connectivity index (χ2n) is 6.94. The van der Waals surface area contributed by atoms with Gasteiger partial charge in [-0.1, -0.05) is 38.1 Å². The molecule has 1 atom stereocenters. The highest BCUT2D eigenvalue weighted by atomic mass is 32.2. The van der Waals surface area contributed by atoms with Gasteiger partial charge in [-0.2, -0.15) is 0 Å². The van der Waals surface area contributed by atoms with Gasteiger partial charge in [0.05, 0.1) is 18.0 Å². The second kappa shape index (κ2) is 7.96. The summed E-state index contributed by atoms with van der Waals surface area (Å²) in [6.07, 6.45) is 0. The van der Waals surface area contributed by atoms with Crippen LogP contribution in [-0.4, -0.2) is 23.6 Å². The van der Waals surface area contributed by atoms with Crippen molar-refractivity contribution >= 4 is 29.3 Å². The third-order valence-corrected chi connectivity index (χ3v) is 5.74. The number of hydrogen-bond acceptors (Lipinski definition) is 3. The first-order valence-corrected chi connectivity index (χ1v) is 9.86. The molecule has 4 nitrogen and oxygen atoms in total. The van der Waals surface area contributed by atoms with Crippen molar-refractivity contribution in [1.82, 2.24) is 5.32 Å². The second-order valence-corrected chi connectivity index (χ2v) is 7.96. The van der Waals surface area contributed by atoms with E-state index >= 15 is 0 Å². The molecule has 0 fully saturated rings. The van der Waals surface area contributed by atoms with Crippen LogP contribution < -0.4 is 10.2 Å². The Morgan fingerprint density at radius 2 is 1.92 bits per heavy atom. The summed E-state index contributed by atoms with van der Waals surface area (Å²) in [6, 6.07) is 15.6. The first kappa shape index (κ1) is 18.5. The topological polar surface area (TPSA) is 49.4 Å². The Balaban J connectivity index is 1.79. The number of para-hydroxylation sites is 1. The largest absolute Gasteiger partial charge is 0.349 e. The first-order chi connectivity index (χ1) is 12.5. The van der Waals surface area contributed by atoms with Crippen LogP contribution in [-0.2, 0) is 11.3 Å². The predicted octanol–water partition coefficient (Wildman–Crippen LogP) is 4.10. The smallest absolute Gasteiger partial charge is 0.251 e. The molecule has 1 aliphatic rings. The van der Waals surface area contributed by atoms with Crippen molar-refractivity contribution in [2.45, 2.75) is 38.3 Å². The number of anilines is 1. The van der Waals surface area contributed by atoms with Crippen molar-refractivity contribution in [2.75, 3.05) is 10.7 Å². The molecule has 0 saturated heterocycles. The summed E-state index contributed by atoms with van der Waals surface area (Å²) >= 11 is 1.57. The van der Waals surface area contributed by atoms with E-state index in [1.165, 1.54) is 0 Å². The molecule has 0 aromatic heterocycles. The molecule has 1 aliphatic heterocycles. The van der Waals surface area contributed by atoms with Crippen LogP contribution in [0.5, 0.6) is 0 Å². The number of rotatable bonds is 5. The average molecular weight is 369 g/mol. The Bertz CT molecular complexity index is 819. The first-order valence-electron chi connectivity index (χ1n) is 8.87. The van der Waals surface area contributed by atoms with Crippen molar-refractivity contribution < 1.29 is 9.59 Å². The molecule has 5 heteroatoms. The Hall–Kier alpha value is -2.27. The van der Waals surface area contributed by atoms with Crippen LogP contribution in [0.15, 0.2) is 53.4 Å². The lowest BCUT2D eigenvalue weighted by Gasteiger charge is -2.29. The standard InChI is InChI=1S/C21H24N2O2S/c1-14(2)15(3)22-21(25)17-8-6-7-16(11-17)12-23-18-9-4-5-10-19(18)26-13-20(23)24/h4-11,14-15H,12-13H2,1-3H3,(H,22,25)/t15-/m0/s1. The van der Waals surface area contributed by atoms with Gasteiger partial charge in [0.15, 0.2) is 0 Å². The molecule has 1 heterocycles. The monoisotopic (exact) mass is 368 g/mol. The Morgan fingerprint density at radius 1 is 1.15 bits per heavy atom. The Labute approximate surface area is 159 Å². The molecule has 3 rings (SSSR count). The van der Waals surface area contributed by atoms with Crippen LogP contribution in [0.4, 0.5) is 5.69 Å². The SMILES string of the molecule is CC(C)[C@H](C)NC(=O)c1cccc(CN2C(=O)CSc3ccccc32)c1. The summed E-state index contributed by atoms with van der Waals surface area (Å²) in [5.41, 5.74) is 2.52. The van der Waals surface area contributed by atoms with Crippen LogP contribution >= 0.6 is 11.8 Å². The van der Waals surface area contributed by atoms with E-state index in [4.69, 9.17) is 0 Å². The van der Waals surface area contributed by atoms with Gasteiger partial charge in [-0.05, 0) is 42.7 Å². The van der Waals surface area contributed by atoms with E-state index in [2.05, 4.69) is 19.2 Å². The fourth-order valence-corrected chi connectivity index (χ4v) is 3.71. The lowest BCUT2D eigenvalue weighted by molar-refractivity contribution is -0.116.